The first-order chi connectivity index (χ1) is 21.3. The summed E-state index contributed by atoms with van der Waals surface area (Å²) in [6, 6.07) is -1.18. The third kappa shape index (κ3) is 6.07. The van der Waals surface area contributed by atoms with Crippen LogP contribution in [-0.2, 0) is 19.1 Å². The molecule has 2 saturated heterocycles. The second-order valence-electron chi connectivity index (χ2n) is 13.6. The first-order valence-electron chi connectivity index (χ1n) is 15.5. The maximum Gasteiger partial charge on any atom is 0.357 e. The first-order valence-corrected chi connectivity index (χ1v) is 15.5. The predicted molar refractivity (Wildman–Crippen MR) is 149 cm³/mol. The lowest BCUT2D eigenvalue weighted by Gasteiger charge is -2.57. The van der Waals surface area contributed by atoms with Gasteiger partial charge in [-0.15, -0.1) is 5.10 Å². The van der Waals surface area contributed by atoms with E-state index in [0.29, 0.717) is 17.8 Å². The Morgan fingerprint density at radius 1 is 1.07 bits per heavy atom. The van der Waals surface area contributed by atoms with Crippen molar-refractivity contribution >= 4 is 17.8 Å². The SMILES string of the molecule is CC(=O)NC1C(O)CC(NC(=O)c2ncn(C3OC(CO)C(O)C3O)n2)(C(=O)O)OC1C(O)CNC12CC3CC(CC(C3)C1)C2. The molecule has 9 N–H and O–H groups in total. The first kappa shape index (κ1) is 32.2. The van der Waals surface area contributed by atoms with Crippen LogP contribution in [0.15, 0.2) is 6.33 Å². The molecule has 6 fully saturated rings. The van der Waals surface area contributed by atoms with E-state index in [1.165, 1.54) is 26.2 Å². The fourth-order valence-electron chi connectivity index (χ4n) is 8.60. The molecular formula is C28H42N6O11. The van der Waals surface area contributed by atoms with Gasteiger partial charge in [0.25, 0.3) is 5.91 Å². The topological polar surface area (TPSA) is 258 Å². The number of carbonyl (C=O) groups excluding carboxylic acids is 2. The van der Waals surface area contributed by atoms with E-state index in [1.807, 2.05) is 0 Å². The summed E-state index contributed by atoms with van der Waals surface area (Å²) < 4.78 is 12.2. The lowest BCUT2D eigenvalue weighted by molar-refractivity contribution is -0.225. The highest BCUT2D eigenvalue weighted by molar-refractivity contribution is 5.94. The Hall–Kier alpha value is -2.77. The second-order valence-corrected chi connectivity index (χ2v) is 13.6. The van der Waals surface area contributed by atoms with E-state index in [2.05, 4.69) is 26.0 Å². The quantitative estimate of drug-likeness (QED) is 0.124. The number of carbonyl (C=O) groups is 3. The zero-order valence-corrected chi connectivity index (χ0v) is 24.9. The summed E-state index contributed by atoms with van der Waals surface area (Å²) in [5.74, 6) is -1.94. The van der Waals surface area contributed by atoms with Crippen molar-refractivity contribution in [3.05, 3.63) is 12.2 Å². The lowest BCUT2D eigenvalue weighted by atomic mass is 9.53. The molecule has 6 aliphatic rings. The molecule has 9 atom stereocenters. The summed E-state index contributed by atoms with van der Waals surface area (Å²) in [6.07, 6.45) is -2.67. The average Bonchev–Trinajstić information content (AvgIpc) is 3.57. The summed E-state index contributed by atoms with van der Waals surface area (Å²) in [5, 5.41) is 74.6. The Morgan fingerprint density at radius 2 is 1.71 bits per heavy atom. The van der Waals surface area contributed by atoms with Crippen molar-refractivity contribution in [2.24, 2.45) is 17.8 Å². The van der Waals surface area contributed by atoms with E-state index in [4.69, 9.17) is 9.47 Å². The van der Waals surface area contributed by atoms with Crippen LogP contribution in [0.5, 0.6) is 0 Å². The van der Waals surface area contributed by atoms with Crippen molar-refractivity contribution in [2.75, 3.05) is 13.2 Å². The van der Waals surface area contributed by atoms with Crippen LogP contribution in [0.2, 0.25) is 0 Å². The van der Waals surface area contributed by atoms with Crippen LogP contribution in [0.4, 0.5) is 0 Å². The van der Waals surface area contributed by atoms with E-state index >= 15 is 0 Å². The van der Waals surface area contributed by atoms with E-state index in [9.17, 15) is 45.0 Å². The standard InChI is InChI=1S/C28H42N6O11/c1-12(36)31-19-16(37)8-28(26(42)43,32-24(41)23-29-11-34(33-23)25-21(40)20(39)18(10-35)44-25)45-22(19)17(38)9-30-27-5-13-2-14(6-27)4-15(3-13)7-27/h11,13-22,25,30,35,37-40H,2-10H2,1H3,(H,31,36)(H,32,41)(H,42,43). The summed E-state index contributed by atoms with van der Waals surface area (Å²) in [6.45, 7) is 0.654. The van der Waals surface area contributed by atoms with E-state index < -0.39 is 91.3 Å². The number of aromatic nitrogens is 3. The summed E-state index contributed by atoms with van der Waals surface area (Å²) in [5.41, 5.74) is -2.68. The molecular weight excluding hydrogens is 596 g/mol. The number of hydrogen-bond donors (Lipinski definition) is 9. The normalized spacial score (nSPS) is 42.8. The number of aliphatic carboxylic acids is 1. The van der Waals surface area contributed by atoms with Gasteiger partial charge in [0.1, 0.15) is 30.7 Å². The third-order valence-corrected chi connectivity index (χ3v) is 10.2. The van der Waals surface area contributed by atoms with E-state index in [-0.39, 0.29) is 12.1 Å². The van der Waals surface area contributed by atoms with Gasteiger partial charge in [-0.05, 0) is 56.3 Å². The molecule has 9 unspecified atom stereocenters. The highest BCUT2D eigenvalue weighted by Crippen LogP contribution is 2.55. The molecule has 1 aromatic heterocycles. The summed E-state index contributed by atoms with van der Waals surface area (Å²) in [4.78, 5) is 41.8. The Labute approximate surface area is 258 Å². The number of aliphatic hydroxyl groups is 5. The molecule has 1 aromatic rings. The van der Waals surface area contributed by atoms with Crippen molar-refractivity contribution in [3.8, 4) is 0 Å². The fourth-order valence-corrected chi connectivity index (χ4v) is 8.60. The van der Waals surface area contributed by atoms with Crippen LogP contribution < -0.4 is 16.0 Å². The molecule has 4 bridgehead atoms. The maximum atomic E-state index is 13.2. The zero-order chi connectivity index (χ0) is 32.3. The number of carboxylic acid groups (broad SMARTS) is 1. The predicted octanol–water partition coefficient (Wildman–Crippen LogP) is -3.03. The Bertz CT molecular complexity index is 1260. The number of β-amino-alcohol motifs (C(OH)–C–C–N with tert-alkyl or cyclic N) is 1. The highest BCUT2D eigenvalue weighted by Gasteiger charge is 2.56. The monoisotopic (exact) mass is 638 g/mol. The number of nitrogens with zero attached hydrogens (tertiary/aromatic N) is 3. The van der Waals surface area contributed by atoms with E-state index in [0.717, 1.165) is 30.3 Å². The van der Waals surface area contributed by atoms with Gasteiger partial charge in [-0.25, -0.2) is 14.5 Å². The smallest absolute Gasteiger partial charge is 0.357 e. The highest BCUT2D eigenvalue weighted by atomic mass is 16.6. The number of amides is 2. The number of carboxylic acids is 1. The molecule has 17 nitrogen and oxygen atoms in total. The molecule has 4 aliphatic carbocycles. The molecule has 250 valence electrons. The molecule has 45 heavy (non-hydrogen) atoms. The van der Waals surface area contributed by atoms with Gasteiger partial charge in [-0.2, -0.15) is 0 Å². The minimum absolute atomic E-state index is 0.0135. The van der Waals surface area contributed by atoms with Gasteiger partial charge in [-0.1, -0.05) is 0 Å². The second kappa shape index (κ2) is 12.1. The summed E-state index contributed by atoms with van der Waals surface area (Å²) in [7, 11) is 0. The minimum atomic E-state index is -2.54. The Balaban J connectivity index is 1.18. The summed E-state index contributed by atoms with van der Waals surface area (Å²) >= 11 is 0. The van der Waals surface area contributed by atoms with Gasteiger partial charge >= 0.3 is 5.97 Å². The van der Waals surface area contributed by atoms with Gasteiger partial charge in [0, 0.05) is 25.4 Å². The van der Waals surface area contributed by atoms with Crippen molar-refractivity contribution in [1.29, 1.82) is 0 Å². The van der Waals surface area contributed by atoms with Crippen molar-refractivity contribution in [3.63, 3.8) is 0 Å². The largest absolute Gasteiger partial charge is 0.478 e. The minimum Gasteiger partial charge on any atom is -0.478 e. The van der Waals surface area contributed by atoms with Crippen LogP contribution >= 0.6 is 0 Å². The lowest BCUT2D eigenvalue weighted by Crippen LogP contribution is -2.71. The van der Waals surface area contributed by atoms with Crippen LogP contribution in [0.3, 0.4) is 0 Å². The van der Waals surface area contributed by atoms with Gasteiger partial charge in [-0.3, -0.25) is 9.59 Å². The molecule has 4 saturated carbocycles. The molecule has 17 heteroatoms. The number of hydrogen-bond acceptors (Lipinski definition) is 13. The zero-order valence-electron chi connectivity index (χ0n) is 24.9. The fraction of sp³-hybridized carbons (Fsp3) is 0.821. The van der Waals surface area contributed by atoms with E-state index in [1.54, 1.807) is 0 Å². The van der Waals surface area contributed by atoms with Crippen molar-refractivity contribution in [1.82, 2.24) is 30.7 Å². The van der Waals surface area contributed by atoms with Crippen LogP contribution in [0.1, 0.15) is 68.7 Å². The van der Waals surface area contributed by atoms with Crippen LogP contribution in [-0.4, -0.2) is 130 Å². The number of rotatable bonds is 10. The van der Waals surface area contributed by atoms with Crippen molar-refractivity contribution < 1.29 is 54.5 Å². The Kier molecular flexibility index (Phi) is 8.66. The molecule has 3 heterocycles. The molecule has 0 radical (unpaired) electrons. The third-order valence-electron chi connectivity index (χ3n) is 10.2. The van der Waals surface area contributed by atoms with Crippen LogP contribution in [0, 0.1) is 17.8 Å². The van der Waals surface area contributed by atoms with Crippen LogP contribution in [0.25, 0.3) is 0 Å². The van der Waals surface area contributed by atoms with Gasteiger partial charge < -0.3 is 56.1 Å². The Morgan fingerprint density at radius 3 is 2.27 bits per heavy atom. The molecule has 0 spiro atoms. The number of ether oxygens (including phenoxy) is 2. The van der Waals surface area contributed by atoms with Gasteiger partial charge in [0.2, 0.25) is 17.5 Å². The van der Waals surface area contributed by atoms with Gasteiger partial charge in [0.15, 0.2) is 6.23 Å². The molecule has 2 amide bonds. The molecule has 2 aliphatic heterocycles. The number of nitrogens with one attached hydrogen (secondary N) is 3. The average molecular weight is 639 g/mol. The molecule has 7 rings (SSSR count). The maximum absolute atomic E-state index is 13.2. The number of aliphatic hydroxyl groups excluding tert-OH is 5. The van der Waals surface area contributed by atoms with Crippen molar-refractivity contribution in [2.45, 2.75) is 112 Å². The van der Waals surface area contributed by atoms with Gasteiger partial charge in [0.05, 0.1) is 24.9 Å². The molecule has 0 aromatic carbocycles.